The molecule has 0 fully saturated rings. The molecule has 0 heterocycles. The molecule has 0 saturated carbocycles. The van der Waals surface area contributed by atoms with E-state index >= 15 is 0 Å². The standard InChI is InChI=1S/C15H14FN3/c1-19(15-6-4-14(18)5-7-15)10-12-8-13(16)3-2-11(12)9-17/h2-8H,10,18H2,1H3. The smallest absolute Gasteiger partial charge is 0.123 e. The van der Waals surface area contributed by atoms with Gasteiger partial charge in [-0.25, -0.2) is 4.39 Å². The van der Waals surface area contributed by atoms with Crippen LogP contribution in [0.3, 0.4) is 0 Å². The lowest BCUT2D eigenvalue weighted by molar-refractivity contribution is 0.625. The Bertz CT molecular complexity index is 614. The first-order chi connectivity index (χ1) is 9.10. The van der Waals surface area contributed by atoms with E-state index in [1.165, 1.54) is 18.2 Å². The lowest BCUT2D eigenvalue weighted by atomic mass is 10.1. The number of benzene rings is 2. The minimum atomic E-state index is -0.334. The normalized spacial score (nSPS) is 9.95. The van der Waals surface area contributed by atoms with E-state index in [9.17, 15) is 4.39 Å². The van der Waals surface area contributed by atoms with Crippen molar-refractivity contribution in [2.45, 2.75) is 6.54 Å². The van der Waals surface area contributed by atoms with Crippen LogP contribution < -0.4 is 10.6 Å². The van der Waals surface area contributed by atoms with Crippen molar-refractivity contribution in [3.8, 4) is 6.07 Å². The molecule has 0 radical (unpaired) electrons. The predicted molar refractivity (Wildman–Crippen MR) is 74.1 cm³/mol. The molecule has 0 aromatic heterocycles. The van der Waals surface area contributed by atoms with Crippen LogP contribution in [-0.4, -0.2) is 7.05 Å². The molecule has 0 aliphatic rings. The van der Waals surface area contributed by atoms with Gasteiger partial charge in [-0.05, 0) is 48.0 Å². The van der Waals surface area contributed by atoms with Crippen LogP contribution in [0.15, 0.2) is 42.5 Å². The third kappa shape index (κ3) is 3.02. The van der Waals surface area contributed by atoms with Gasteiger partial charge in [0.1, 0.15) is 5.82 Å². The highest BCUT2D eigenvalue weighted by Gasteiger charge is 2.07. The fraction of sp³-hybridized carbons (Fsp3) is 0.133. The lowest BCUT2D eigenvalue weighted by Gasteiger charge is -2.20. The number of anilines is 2. The molecule has 0 spiro atoms. The van der Waals surface area contributed by atoms with Gasteiger partial charge < -0.3 is 10.6 Å². The van der Waals surface area contributed by atoms with E-state index in [1.807, 2.05) is 36.2 Å². The van der Waals surface area contributed by atoms with Crippen molar-refractivity contribution in [1.82, 2.24) is 0 Å². The highest BCUT2D eigenvalue weighted by molar-refractivity contribution is 5.53. The van der Waals surface area contributed by atoms with Crippen molar-refractivity contribution in [3.05, 3.63) is 59.4 Å². The van der Waals surface area contributed by atoms with Gasteiger partial charge in [-0.15, -0.1) is 0 Å². The highest BCUT2D eigenvalue weighted by atomic mass is 19.1. The monoisotopic (exact) mass is 255 g/mol. The van der Waals surface area contributed by atoms with Crippen molar-refractivity contribution in [1.29, 1.82) is 5.26 Å². The summed E-state index contributed by atoms with van der Waals surface area (Å²) in [5.74, 6) is -0.334. The minimum Gasteiger partial charge on any atom is -0.399 e. The quantitative estimate of drug-likeness (QED) is 0.858. The molecule has 0 aliphatic heterocycles. The number of nitriles is 1. The summed E-state index contributed by atoms with van der Waals surface area (Å²) in [6.45, 7) is 0.463. The summed E-state index contributed by atoms with van der Waals surface area (Å²) in [6.07, 6.45) is 0. The molecule has 3 nitrogen and oxygen atoms in total. The summed E-state index contributed by atoms with van der Waals surface area (Å²) >= 11 is 0. The maximum Gasteiger partial charge on any atom is 0.123 e. The van der Waals surface area contributed by atoms with E-state index in [0.29, 0.717) is 23.4 Å². The van der Waals surface area contributed by atoms with Gasteiger partial charge >= 0.3 is 0 Å². The zero-order valence-electron chi connectivity index (χ0n) is 10.6. The van der Waals surface area contributed by atoms with Crippen LogP contribution in [0.2, 0.25) is 0 Å². The van der Waals surface area contributed by atoms with Gasteiger partial charge in [0, 0.05) is 25.0 Å². The SMILES string of the molecule is CN(Cc1cc(F)ccc1C#N)c1ccc(N)cc1. The minimum absolute atomic E-state index is 0.334. The Hall–Kier alpha value is -2.54. The van der Waals surface area contributed by atoms with E-state index in [0.717, 1.165) is 5.69 Å². The molecule has 0 saturated heterocycles. The molecule has 0 atom stereocenters. The van der Waals surface area contributed by atoms with Gasteiger partial charge in [-0.3, -0.25) is 0 Å². The van der Waals surface area contributed by atoms with Gasteiger partial charge in [-0.2, -0.15) is 5.26 Å². The Morgan fingerprint density at radius 2 is 1.89 bits per heavy atom. The lowest BCUT2D eigenvalue weighted by Crippen LogP contribution is -2.17. The molecule has 0 unspecified atom stereocenters. The number of nitrogen functional groups attached to an aromatic ring is 1. The Morgan fingerprint density at radius 3 is 2.53 bits per heavy atom. The van der Waals surface area contributed by atoms with Crippen molar-refractivity contribution in [3.63, 3.8) is 0 Å². The highest BCUT2D eigenvalue weighted by Crippen LogP contribution is 2.19. The molecule has 4 heteroatoms. The average Bonchev–Trinajstić information content (AvgIpc) is 2.39. The van der Waals surface area contributed by atoms with Gasteiger partial charge in [0.15, 0.2) is 0 Å². The molecular weight excluding hydrogens is 241 g/mol. The zero-order valence-corrected chi connectivity index (χ0v) is 10.6. The summed E-state index contributed by atoms with van der Waals surface area (Å²) in [5.41, 5.74) is 8.45. The molecule has 2 aromatic carbocycles. The fourth-order valence-corrected chi connectivity index (χ4v) is 1.88. The van der Waals surface area contributed by atoms with Gasteiger partial charge in [-0.1, -0.05) is 0 Å². The van der Waals surface area contributed by atoms with E-state index in [4.69, 9.17) is 11.0 Å². The van der Waals surface area contributed by atoms with E-state index < -0.39 is 0 Å². The molecular formula is C15H14FN3. The van der Waals surface area contributed by atoms with Crippen molar-refractivity contribution in [2.75, 3.05) is 17.7 Å². The first kappa shape index (κ1) is 12.9. The topological polar surface area (TPSA) is 53.0 Å². The molecule has 2 aromatic rings. The Kier molecular flexibility index (Phi) is 3.67. The molecule has 96 valence electrons. The van der Waals surface area contributed by atoms with Crippen LogP contribution in [0.5, 0.6) is 0 Å². The predicted octanol–water partition coefficient (Wildman–Crippen LogP) is 2.92. The van der Waals surface area contributed by atoms with E-state index in [2.05, 4.69) is 6.07 Å². The summed E-state index contributed by atoms with van der Waals surface area (Å²) < 4.78 is 13.2. The molecule has 2 rings (SSSR count). The molecule has 19 heavy (non-hydrogen) atoms. The molecule has 0 amide bonds. The number of rotatable bonds is 3. The van der Waals surface area contributed by atoms with Gasteiger partial charge in [0.05, 0.1) is 11.6 Å². The number of halogens is 1. The van der Waals surface area contributed by atoms with E-state index in [1.54, 1.807) is 0 Å². The third-order valence-electron chi connectivity index (χ3n) is 2.93. The second kappa shape index (κ2) is 5.40. The number of nitrogens with two attached hydrogens (primary N) is 1. The van der Waals surface area contributed by atoms with E-state index in [-0.39, 0.29) is 5.82 Å². The van der Waals surface area contributed by atoms with Gasteiger partial charge in [0.2, 0.25) is 0 Å². The summed E-state index contributed by atoms with van der Waals surface area (Å²) in [5, 5.41) is 9.02. The summed E-state index contributed by atoms with van der Waals surface area (Å²) in [4.78, 5) is 1.94. The van der Waals surface area contributed by atoms with Gasteiger partial charge in [0.25, 0.3) is 0 Å². The second-order valence-electron chi connectivity index (χ2n) is 4.36. The number of nitrogens with zero attached hydrogens (tertiary/aromatic N) is 2. The zero-order chi connectivity index (χ0) is 13.8. The van der Waals surface area contributed by atoms with Crippen LogP contribution in [0.4, 0.5) is 15.8 Å². The summed E-state index contributed by atoms with van der Waals surface area (Å²) in [6, 6.07) is 13.7. The Balaban J connectivity index is 2.23. The number of hydrogen-bond donors (Lipinski definition) is 1. The molecule has 2 N–H and O–H groups in total. The molecule has 0 aliphatic carbocycles. The van der Waals surface area contributed by atoms with Crippen LogP contribution in [0.25, 0.3) is 0 Å². The van der Waals surface area contributed by atoms with Crippen molar-refractivity contribution in [2.24, 2.45) is 0 Å². The maximum atomic E-state index is 13.2. The van der Waals surface area contributed by atoms with Crippen LogP contribution in [0, 0.1) is 17.1 Å². The largest absolute Gasteiger partial charge is 0.399 e. The summed E-state index contributed by atoms with van der Waals surface area (Å²) in [7, 11) is 1.89. The van der Waals surface area contributed by atoms with Crippen LogP contribution >= 0.6 is 0 Å². The van der Waals surface area contributed by atoms with Crippen LogP contribution in [0.1, 0.15) is 11.1 Å². The fourth-order valence-electron chi connectivity index (χ4n) is 1.88. The Morgan fingerprint density at radius 1 is 1.21 bits per heavy atom. The maximum absolute atomic E-state index is 13.2. The first-order valence-electron chi connectivity index (χ1n) is 5.85. The Labute approximate surface area is 111 Å². The van der Waals surface area contributed by atoms with Crippen LogP contribution in [-0.2, 0) is 6.54 Å². The first-order valence-corrected chi connectivity index (χ1v) is 5.85. The average molecular weight is 255 g/mol. The third-order valence-corrected chi connectivity index (χ3v) is 2.93. The number of hydrogen-bond acceptors (Lipinski definition) is 3. The van der Waals surface area contributed by atoms with Crippen molar-refractivity contribution >= 4 is 11.4 Å². The molecule has 0 bridgehead atoms. The van der Waals surface area contributed by atoms with Crippen molar-refractivity contribution < 1.29 is 4.39 Å². The second-order valence-corrected chi connectivity index (χ2v) is 4.36.